The van der Waals surface area contributed by atoms with Crippen LogP contribution in [0.15, 0.2) is 18.3 Å². The number of anilines is 1. The Hall–Kier alpha value is -1.09. The maximum atomic E-state index is 4.47. The van der Waals surface area contributed by atoms with Gasteiger partial charge in [0.15, 0.2) is 0 Å². The second-order valence-corrected chi connectivity index (χ2v) is 5.86. The number of aromatic nitrogens is 1. The zero-order valence-corrected chi connectivity index (χ0v) is 13.0. The van der Waals surface area contributed by atoms with E-state index in [-0.39, 0.29) is 0 Å². The molecule has 1 rings (SSSR count). The summed E-state index contributed by atoms with van der Waals surface area (Å²) in [5.74, 6) is 3.05. The highest BCUT2D eigenvalue weighted by atomic mass is 15.0. The Morgan fingerprint density at radius 1 is 1.11 bits per heavy atom. The van der Waals surface area contributed by atoms with Crippen molar-refractivity contribution in [2.75, 3.05) is 18.4 Å². The maximum absolute atomic E-state index is 4.47. The number of nitrogens with one attached hydrogen (secondary N) is 2. The summed E-state index contributed by atoms with van der Waals surface area (Å²) in [4.78, 5) is 4.47. The van der Waals surface area contributed by atoms with Gasteiger partial charge in [-0.25, -0.2) is 4.98 Å². The van der Waals surface area contributed by atoms with Crippen molar-refractivity contribution in [1.29, 1.82) is 0 Å². The van der Waals surface area contributed by atoms with Gasteiger partial charge in [0.1, 0.15) is 5.82 Å². The van der Waals surface area contributed by atoms with E-state index < -0.39 is 0 Å². The molecule has 3 nitrogen and oxygen atoms in total. The number of nitrogens with zero attached hydrogens (tertiary/aromatic N) is 1. The van der Waals surface area contributed by atoms with Crippen LogP contribution >= 0.6 is 0 Å². The first-order valence-corrected chi connectivity index (χ1v) is 7.44. The summed E-state index contributed by atoms with van der Waals surface area (Å²) >= 11 is 0. The zero-order chi connectivity index (χ0) is 14.3. The highest BCUT2D eigenvalue weighted by Gasteiger charge is 2.17. The third kappa shape index (κ3) is 5.60. The van der Waals surface area contributed by atoms with Crippen LogP contribution in [0.25, 0.3) is 0 Å². The van der Waals surface area contributed by atoms with Gasteiger partial charge in [0.25, 0.3) is 0 Å². The SMILES string of the molecule is CCNCc1ccc(NCC(C(C)C)C(C)C)nc1. The Labute approximate surface area is 118 Å². The number of rotatable bonds is 8. The van der Waals surface area contributed by atoms with Crippen molar-refractivity contribution in [3.05, 3.63) is 23.9 Å². The highest BCUT2D eigenvalue weighted by molar-refractivity contribution is 5.35. The Bertz CT molecular complexity index is 336. The maximum Gasteiger partial charge on any atom is 0.125 e. The third-order valence-corrected chi connectivity index (χ3v) is 3.64. The van der Waals surface area contributed by atoms with Crippen LogP contribution in [0.2, 0.25) is 0 Å². The first-order chi connectivity index (χ1) is 9.04. The van der Waals surface area contributed by atoms with E-state index in [2.05, 4.69) is 62.4 Å². The van der Waals surface area contributed by atoms with Crippen molar-refractivity contribution in [3.8, 4) is 0 Å². The molecule has 1 aromatic heterocycles. The Morgan fingerprint density at radius 2 is 1.79 bits per heavy atom. The molecule has 0 atom stereocenters. The van der Waals surface area contributed by atoms with E-state index in [0.717, 1.165) is 25.5 Å². The van der Waals surface area contributed by atoms with Crippen LogP contribution in [-0.4, -0.2) is 18.1 Å². The molecule has 0 amide bonds. The van der Waals surface area contributed by atoms with Gasteiger partial charge in [0.05, 0.1) is 0 Å². The largest absolute Gasteiger partial charge is 0.370 e. The highest BCUT2D eigenvalue weighted by Crippen LogP contribution is 2.20. The van der Waals surface area contributed by atoms with Crippen molar-refractivity contribution in [3.63, 3.8) is 0 Å². The van der Waals surface area contributed by atoms with Crippen LogP contribution in [0.1, 0.15) is 40.2 Å². The third-order valence-electron chi connectivity index (χ3n) is 3.64. The minimum absolute atomic E-state index is 0.684. The predicted molar refractivity (Wildman–Crippen MR) is 83.3 cm³/mol. The molecule has 0 spiro atoms. The molecule has 0 saturated carbocycles. The summed E-state index contributed by atoms with van der Waals surface area (Å²) in [5.41, 5.74) is 1.23. The van der Waals surface area contributed by atoms with E-state index in [4.69, 9.17) is 0 Å². The zero-order valence-electron chi connectivity index (χ0n) is 13.0. The van der Waals surface area contributed by atoms with E-state index in [1.807, 2.05) is 6.20 Å². The molecule has 2 N–H and O–H groups in total. The standard InChI is InChI=1S/C16H29N3/c1-6-17-9-14-7-8-16(18-10-14)19-11-15(12(2)3)13(4)5/h7-8,10,12-13,15,17H,6,9,11H2,1-5H3,(H,18,19). The molecule has 0 aliphatic rings. The Kier molecular flexibility index (Phi) is 6.85. The summed E-state index contributed by atoms with van der Waals surface area (Å²) in [7, 11) is 0. The summed E-state index contributed by atoms with van der Waals surface area (Å²) in [5, 5.41) is 6.76. The van der Waals surface area contributed by atoms with Gasteiger partial charge in [-0.2, -0.15) is 0 Å². The average molecular weight is 263 g/mol. The summed E-state index contributed by atoms with van der Waals surface area (Å²) in [6.07, 6.45) is 1.95. The Balaban J connectivity index is 2.48. The van der Waals surface area contributed by atoms with E-state index in [1.165, 1.54) is 5.56 Å². The van der Waals surface area contributed by atoms with E-state index >= 15 is 0 Å². The van der Waals surface area contributed by atoms with Gasteiger partial charge in [-0.05, 0) is 35.9 Å². The van der Waals surface area contributed by atoms with Crippen LogP contribution in [0.5, 0.6) is 0 Å². The molecule has 19 heavy (non-hydrogen) atoms. The first-order valence-electron chi connectivity index (χ1n) is 7.44. The molecule has 108 valence electrons. The van der Waals surface area contributed by atoms with Crippen molar-refractivity contribution in [2.24, 2.45) is 17.8 Å². The summed E-state index contributed by atoms with van der Waals surface area (Å²) in [6, 6.07) is 4.21. The molecule has 0 radical (unpaired) electrons. The van der Waals surface area contributed by atoms with Crippen molar-refractivity contribution in [2.45, 2.75) is 41.2 Å². The minimum atomic E-state index is 0.684. The van der Waals surface area contributed by atoms with Crippen LogP contribution in [0.4, 0.5) is 5.82 Å². The topological polar surface area (TPSA) is 37.0 Å². The smallest absolute Gasteiger partial charge is 0.125 e. The fourth-order valence-electron chi connectivity index (χ4n) is 2.37. The van der Waals surface area contributed by atoms with Crippen LogP contribution in [0.3, 0.4) is 0 Å². The van der Waals surface area contributed by atoms with E-state index in [0.29, 0.717) is 17.8 Å². The molecule has 0 saturated heterocycles. The van der Waals surface area contributed by atoms with Crippen LogP contribution in [-0.2, 0) is 6.54 Å². The number of hydrogen-bond donors (Lipinski definition) is 2. The molecular formula is C16H29N3. The molecular weight excluding hydrogens is 234 g/mol. The normalized spacial score (nSPS) is 11.6. The molecule has 0 bridgehead atoms. The lowest BCUT2D eigenvalue weighted by molar-refractivity contribution is 0.304. The van der Waals surface area contributed by atoms with E-state index in [1.54, 1.807) is 0 Å². The quantitative estimate of drug-likeness (QED) is 0.753. The predicted octanol–water partition coefficient (Wildman–Crippen LogP) is 3.53. The Morgan fingerprint density at radius 3 is 2.26 bits per heavy atom. The fraction of sp³-hybridized carbons (Fsp3) is 0.688. The van der Waals surface area contributed by atoms with E-state index in [9.17, 15) is 0 Å². The molecule has 0 aliphatic heterocycles. The van der Waals surface area contributed by atoms with Gasteiger partial charge >= 0.3 is 0 Å². The lowest BCUT2D eigenvalue weighted by Crippen LogP contribution is -2.24. The van der Waals surface area contributed by atoms with Gasteiger partial charge in [0.2, 0.25) is 0 Å². The molecule has 0 aliphatic carbocycles. The fourth-order valence-corrected chi connectivity index (χ4v) is 2.37. The average Bonchev–Trinajstić information content (AvgIpc) is 2.37. The number of hydrogen-bond acceptors (Lipinski definition) is 3. The van der Waals surface area contributed by atoms with Gasteiger partial charge in [-0.1, -0.05) is 40.7 Å². The van der Waals surface area contributed by atoms with Crippen LogP contribution < -0.4 is 10.6 Å². The molecule has 1 heterocycles. The molecule has 0 fully saturated rings. The molecule has 1 aromatic rings. The lowest BCUT2D eigenvalue weighted by atomic mass is 9.85. The summed E-state index contributed by atoms with van der Waals surface area (Å²) in [6.45, 7) is 14.2. The van der Waals surface area contributed by atoms with Gasteiger partial charge in [0, 0.05) is 19.3 Å². The molecule has 0 unspecified atom stereocenters. The monoisotopic (exact) mass is 263 g/mol. The van der Waals surface area contributed by atoms with Crippen molar-refractivity contribution < 1.29 is 0 Å². The number of pyridine rings is 1. The first kappa shape index (κ1) is 16.0. The van der Waals surface area contributed by atoms with Gasteiger partial charge in [-0.3, -0.25) is 0 Å². The van der Waals surface area contributed by atoms with Gasteiger partial charge < -0.3 is 10.6 Å². The van der Waals surface area contributed by atoms with Gasteiger partial charge in [-0.15, -0.1) is 0 Å². The van der Waals surface area contributed by atoms with Crippen LogP contribution in [0, 0.1) is 17.8 Å². The van der Waals surface area contributed by atoms with Crippen molar-refractivity contribution in [1.82, 2.24) is 10.3 Å². The lowest BCUT2D eigenvalue weighted by Gasteiger charge is -2.25. The summed E-state index contributed by atoms with van der Waals surface area (Å²) < 4.78 is 0. The van der Waals surface area contributed by atoms with Crippen molar-refractivity contribution >= 4 is 5.82 Å². The molecule has 0 aromatic carbocycles. The second kappa shape index (κ2) is 8.16. The second-order valence-electron chi connectivity index (χ2n) is 5.86. The molecule has 3 heteroatoms. The minimum Gasteiger partial charge on any atom is -0.370 e.